The minimum atomic E-state index is -4.36. The normalized spacial score (nSPS) is 29.6. The smallest absolute Gasteiger partial charge is 0.281 e. The second-order valence-corrected chi connectivity index (χ2v) is 40.4. The molecule has 4 bridgehead atoms. The molecule has 6 heterocycles. The lowest BCUT2D eigenvalue weighted by atomic mass is 9.68. The Kier molecular flexibility index (Phi) is 23.9. The number of benzene rings is 4. The number of piperazine rings is 2. The van der Waals surface area contributed by atoms with Crippen molar-refractivity contribution in [3.63, 3.8) is 0 Å². The molecule has 0 radical (unpaired) electrons. The highest BCUT2D eigenvalue weighted by Crippen LogP contribution is 2.50. The summed E-state index contributed by atoms with van der Waals surface area (Å²) >= 11 is 12.8. The fourth-order valence-electron chi connectivity index (χ4n) is 17.7. The van der Waals surface area contributed by atoms with Gasteiger partial charge in [0.25, 0.3) is 32.2 Å². The summed E-state index contributed by atoms with van der Waals surface area (Å²) in [6, 6.07) is 22.1. The molecule has 4 amide bonds. The van der Waals surface area contributed by atoms with Crippen molar-refractivity contribution in [2.75, 3.05) is 130 Å². The molecule has 0 aromatic heterocycles. The Morgan fingerprint density at radius 2 is 0.935 bits per heavy atom. The van der Waals surface area contributed by atoms with Crippen LogP contribution in [0.15, 0.2) is 97.1 Å². The Balaban J connectivity index is 0.000000190. The first kappa shape index (κ1) is 79.7. The summed E-state index contributed by atoms with van der Waals surface area (Å²) in [5.41, 5.74) is 5.84. The Bertz CT molecular complexity index is 4330. The molecule has 2 saturated carbocycles. The van der Waals surface area contributed by atoms with Gasteiger partial charge in [0.05, 0.1) is 47.3 Å². The zero-order chi connectivity index (χ0) is 76.8. The molecular weight excluding hydrogens is 1510 g/mol. The third-order valence-electron chi connectivity index (χ3n) is 24.2. The van der Waals surface area contributed by atoms with Gasteiger partial charge in [0.2, 0.25) is 31.9 Å². The number of carbonyl (C=O) groups is 4. The molecule has 10 atom stereocenters. The molecule has 4 N–H and O–H groups in total. The van der Waals surface area contributed by atoms with Crippen LogP contribution in [-0.4, -0.2) is 237 Å². The van der Waals surface area contributed by atoms with Crippen molar-refractivity contribution in [3.05, 3.63) is 141 Å². The van der Waals surface area contributed by atoms with Gasteiger partial charge in [-0.2, -0.15) is 34.1 Å². The van der Waals surface area contributed by atoms with Gasteiger partial charge in [-0.25, -0.2) is 26.3 Å². The van der Waals surface area contributed by atoms with Gasteiger partial charge in [-0.05, 0) is 196 Å². The first-order valence-corrected chi connectivity index (χ1v) is 44.3. The maximum atomic E-state index is 13.9. The van der Waals surface area contributed by atoms with E-state index < -0.39 is 86.8 Å². The molecule has 4 fully saturated rings. The van der Waals surface area contributed by atoms with Crippen molar-refractivity contribution in [1.82, 2.24) is 36.5 Å². The number of amides is 4. The molecular formula is C76H100Cl2N10O16S4. The standard InChI is InChI=1S/2C38H50ClN5O8S2/c2*1-41(2)54(50,51)44-18-16-42(17-19-44)36(46)22-30-7-3-4-8-34(45)31-12-9-28(31)23-43-24-38(15-5-6-26-20-29(39)11-13-32(26)38)25-52-35-14-10-27(21-33(35)43)37(47)40-53(30,48)49/h2*4,8,10-11,13-14,20-21,28,30-31,34,45H,3,5-7,9,12,15-19,22-25H2,1-2H3,(H,40,47)/b2*8-4+/t28-,30+,31+,34-,38-;28-,30-,31+,34-,38-/m00/s1. The second-order valence-electron chi connectivity index (χ2n) is 31.3. The largest absolute Gasteiger partial charge is 0.490 e. The van der Waals surface area contributed by atoms with Crippen molar-refractivity contribution in [1.29, 1.82) is 0 Å². The number of carbonyl (C=O) groups excluding carboxylic acids is 4. The second kappa shape index (κ2) is 32.4. The predicted molar refractivity (Wildman–Crippen MR) is 413 cm³/mol. The van der Waals surface area contributed by atoms with Gasteiger partial charge in [0.15, 0.2) is 0 Å². The number of hydrogen-bond donors (Lipinski definition) is 4. The molecule has 108 heavy (non-hydrogen) atoms. The Morgan fingerprint density at radius 3 is 1.30 bits per heavy atom. The molecule has 26 nitrogen and oxygen atoms in total. The van der Waals surface area contributed by atoms with Crippen molar-refractivity contribution in [2.45, 2.75) is 136 Å². The van der Waals surface area contributed by atoms with E-state index in [1.54, 1.807) is 60.7 Å². The molecule has 10 aliphatic rings. The van der Waals surface area contributed by atoms with Crippen LogP contribution in [0, 0.1) is 23.7 Å². The summed E-state index contributed by atoms with van der Waals surface area (Å²) < 4.78 is 129. The molecule has 2 spiro atoms. The SMILES string of the molecule is CN(C)S(=O)(=O)N1CCN(C(=O)C[C@@H]2CC/C=C/[C@H](O)[C@@H]3CC[C@H]3CN3C[C@@]4(CCCc5cc(Cl)ccc54)COc4ccc(cc43)C(=O)NS2(=O)=O)CC1.CN(C)S(=O)(=O)N1CCN(C(=O)C[C@H]2CC/C=C/[C@H](O)[C@@H]3CC[C@H]3CN3C[C@@]4(CCCc5cc(Cl)ccc54)COc4ccc(cc43)C(=O)NS2(=O)=O)CC1. The van der Waals surface area contributed by atoms with Crippen LogP contribution in [-0.2, 0) is 73.7 Å². The van der Waals surface area contributed by atoms with Gasteiger partial charge in [-0.15, -0.1) is 0 Å². The lowest BCUT2D eigenvalue weighted by Gasteiger charge is -2.45. The number of sulfonamides is 2. The number of fused-ring (bicyclic) bond motifs is 8. The fourth-order valence-corrected chi connectivity index (χ4v) is 22.9. The van der Waals surface area contributed by atoms with Crippen LogP contribution in [0.3, 0.4) is 0 Å². The first-order chi connectivity index (χ1) is 51.3. The number of nitrogens with one attached hydrogen (secondary N) is 2. The summed E-state index contributed by atoms with van der Waals surface area (Å²) in [6.45, 7) is 4.20. The highest BCUT2D eigenvalue weighted by Gasteiger charge is 2.48. The highest BCUT2D eigenvalue weighted by atomic mass is 35.5. The van der Waals surface area contributed by atoms with E-state index in [0.29, 0.717) is 72.3 Å². The molecule has 6 aliphatic heterocycles. The van der Waals surface area contributed by atoms with E-state index in [4.69, 9.17) is 32.7 Å². The van der Waals surface area contributed by atoms with Gasteiger partial charge >= 0.3 is 0 Å². The van der Waals surface area contributed by atoms with Crippen LogP contribution in [0.2, 0.25) is 10.0 Å². The number of aliphatic hydroxyl groups excluding tert-OH is 2. The summed E-state index contributed by atoms with van der Waals surface area (Å²) in [7, 11) is -10.3. The molecule has 2 saturated heterocycles. The van der Waals surface area contributed by atoms with Crippen molar-refractivity contribution in [3.8, 4) is 11.5 Å². The van der Waals surface area contributed by atoms with Crippen LogP contribution in [0.4, 0.5) is 11.4 Å². The number of anilines is 2. The van der Waals surface area contributed by atoms with Crippen LogP contribution < -0.4 is 28.7 Å². The van der Waals surface area contributed by atoms with E-state index in [1.807, 2.05) is 24.3 Å². The third kappa shape index (κ3) is 16.9. The van der Waals surface area contributed by atoms with Gasteiger partial charge in [-0.3, -0.25) is 19.2 Å². The minimum absolute atomic E-state index is 0.0118. The molecule has 4 aromatic rings. The van der Waals surface area contributed by atoms with Gasteiger partial charge in [0, 0.05) is 152 Å². The van der Waals surface area contributed by atoms with E-state index in [1.165, 1.54) is 68.9 Å². The van der Waals surface area contributed by atoms with E-state index in [-0.39, 0.29) is 137 Å². The van der Waals surface area contributed by atoms with Crippen molar-refractivity contribution >= 4 is 98.7 Å². The third-order valence-corrected chi connectivity index (χ3v) is 32.1. The van der Waals surface area contributed by atoms with Crippen LogP contribution in [0.1, 0.15) is 133 Å². The number of allylic oxidation sites excluding steroid dienone is 2. The Morgan fingerprint density at radius 1 is 0.546 bits per heavy atom. The predicted octanol–water partition coefficient (Wildman–Crippen LogP) is 6.64. The monoisotopic (exact) mass is 1610 g/mol. The Hall–Kier alpha value is -6.42. The maximum Gasteiger partial charge on any atom is 0.281 e. The van der Waals surface area contributed by atoms with Crippen molar-refractivity contribution in [2.24, 2.45) is 23.7 Å². The minimum Gasteiger partial charge on any atom is -0.490 e. The van der Waals surface area contributed by atoms with Gasteiger partial charge in [0.1, 0.15) is 11.5 Å². The van der Waals surface area contributed by atoms with Crippen LogP contribution in [0.25, 0.3) is 0 Å². The summed E-state index contributed by atoms with van der Waals surface area (Å²) in [4.78, 5) is 62.1. The number of hydrogen-bond acceptors (Lipinski definition) is 18. The molecule has 32 heteroatoms. The molecule has 588 valence electrons. The van der Waals surface area contributed by atoms with Gasteiger partial charge in [-0.1, -0.05) is 59.6 Å². The molecule has 4 aliphatic carbocycles. The van der Waals surface area contributed by atoms with E-state index in [9.17, 15) is 63.1 Å². The topological polar surface area (TPSA) is 314 Å². The molecule has 14 rings (SSSR count). The van der Waals surface area contributed by atoms with E-state index in [0.717, 1.165) is 72.8 Å². The summed E-state index contributed by atoms with van der Waals surface area (Å²) in [5, 5.41) is 21.6. The number of rotatable bonds is 8. The average Bonchev–Trinajstić information content (AvgIpc) is 1.17. The first-order valence-electron chi connectivity index (χ1n) is 37.7. The fraction of sp³-hybridized carbons (Fsp3) is 0.579. The molecule has 4 aromatic carbocycles. The quantitative estimate of drug-likeness (QED) is 0.134. The van der Waals surface area contributed by atoms with Crippen LogP contribution >= 0.6 is 23.2 Å². The molecule has 0 unspecified atom stereocenters. The van der Waals surface area contributed by atoms with Crippen molar-refractivity contribution < 1.29 is 72.5 Å². The average molecular weight is 1610 g/mol. The lowest BCUT2D eigenvalue weighted by molar-refractivity contribution is -0.133. The number of aryl methyl sites for hydroxylation is 2. The highest BCUT2D eigenvalue weighted by molar-refractivity contribution is 7.91. The summed E-state index contributed by atoms with van der Waals surface area (Å²) in [5.74, 6) is -0.866. The summed E-state index contributed by atoms with van der Waals surface area (Å²) in [6.07, 6.45) is 14.6. The number of nitrogens with zero attached hydrogens (tertiary/aromatic N) is 8. The van der Waals surface area contributed by atoms with E-state index >= 15 is 0 Å². The Labute approximate surface area is 645 Å². The van der Waals surface area contributed by atoms with E-state index in [2.05, 4.69) is 31.4 Å². The number of halogens is 2. The zero-order valence-electron chi connectivity index (χ0n) is 61.6. The van der Waals surface area contributed by atoms with Crippen LogP contribution in [0.5, 0.6) is 11.5 Å². The maximum absolute atomic E-state index is 13.9. The lowest BCUT2D eigenvalue weighted by Crippen LogP contribution is -2.53. The number of aliphatic hydroxyl groups is 2. The zero-order valence-corrected chi connectivity index (χ0v) is 66.4. The van der Waals surface area contributed by atoms with Gasteiger partial charge < -0.3 is 39.3 Å². The number of ether oxygens (including phenoxy) is 2.